The van der Waals surface area contributed by atoms with Gasteiger partial charge in [0.25, 0.3) is 0 Å². The molecule has 0 saturated heterocycles. The maximum atomic E-state index is 0. The summed E-state index contributed by atoms with van der Waals surface area (Å²) in [5, 5.41) is 0. The van der Waals surface area contributed by atoms with Crippen LogP contribution in [-0.4, -0.2) is 73.3 Å². The van der Waals surface area contributed by atoms with Gasteiger partial charge in [-0.05, 0) is 0 Å². The Kier molecular flexibility index (Phi) is 106. The summed E-state index contributed by atoms with van der Waals surface area (Å²) in [4.78, 5) is 0. The molecule has 0 aromatic rings. The molecule has 0 aromatic carbocycles. The van der Waals surface area contributed by atoms with E-state index in [1.165, 1.54) is 0 Å². The molecular weight excluding hydrogens is 412 g/mol. The van der Waals surface area contributed by atoms with Gasteiger partial charge in [-0.25, -0.2) is 0 Å². The predicted octanol–water partition coefficient (Wildman–Crippen LogP) is -2.75. The van der Waals surface area contributed by atoms with Crippen LogP contribution in [0.4, 0.5) is 0 Å². The van der Waals surface area contributed by atoms with Crippen molar-refractivity contribution < 1.29 is 27.7 Å². The molecule has 0 saturated carbocycles. The van der Waals surface area contributed by atoms with Crippen LogP contribution in [0.15, 0.2) is 0 Å². The van der Waals surface area contributed by atoms with Gasteiger partial charge in [0, 0.05) is 27.7 Å². The van der Waals surface area contributed by atoms with E-state index in [0.29, 0.717) is 0 Å². The molecular formula is H6GaHgNaSn. The molecule has 0 unspecified atom stereocenters. The van der Waals surface area contributed by atoms with E-state index in [2.05, 4.69) is 0 Å². The van der Waals surface area contributed by atoms with Crippen LogP contribution in [0.2, 0.25) is 0 Å². The van der Waals surface area contributed by atoms with Crippen LogP contribution >= 0.6 is 0 Å². The van der Waals surface area contributed by atoms with Crippen molar-refractivity contribution in [1.29, 1.82) is 0 Å². The van der Waals surface area contributed by atoms with E-state index < -0.39 is 0 Å². The first kappa shape index (κ1) is 26.3. The first-order chi connectivity index (χ1) is 0. The molecule has 2 radical (unpaired) electrons. The molecule has 0 bridgehead atoms. The van der Waals surface area contributed by atoms with Crippen molar-refractivity contribution in [3.8, 4) is 0 Å². The van der Waals surface area contributed by atoms with E-state index in [9.17, 15) is 0 Å². The molecule has 0 nitrogen and oxygen atoms in total. The monoisotopic (exact) mass is 420 g/mol. The molecule has 0 atom stereocenters. The zero-order valence-corrected chi connectivity index (χ0v) is 10.9. The Morgan fingerprint density at radius 2 is 1.00 bits per heavy atom. The summed E-state index contributed by atoms with van der Waals surface area (Å²) >= 11 is 0. The van der Waals surface area contributed by atoms with Gasteiger partial charge >= 0.3 is 73.3 Å². The third-order valence-electron chi connectivity index (χ3n) is 0. The molecule has 0 amide bonds. The van der Waals surface area contributed by atoms with Gasteiger partial charge in [0.1, 0.15) is 0 Å². The molecule has 0 heterocycles. The van der Waals surface area contributed by atoms with Crippen molar-refractivity contribution >= 4 is 73.3 Å². The van der Waals surface area contributed by atoms with Gasteiger partial charge in [-0.2, -0.15) is 0 Å². The molecule has 4 heavy (non-hydrogen) atoms. The van der Waals surface area contributed by atoms with Crippen LogP contribution in [0.3, 0.4) is 0 Å². The van der Waals surface area contributed by atoms with Crippen LogP contribution in [0, 0.1) is 0 Å². The molecule has 0 aromatic heterocycles. The zero-order chi connectivity index (χ0) is 0. The third-order valence-corrected chi connectivity index (χ3v) is 0. The van der Waals surface area contributed by atoms with Gasteiger partial charge in [0.15, 0.2) is 0 Å². The SMILES string of the molecule is [GaH3].[Hg].[NaH].[SnH2]. The van der Waals surface area contributed by atoms with Crippen LogP contribution in [-0.2, 0) is 27.7 Å². The summed E-state index contributed by atoms with van der Waals surface area (Å²) in [6.45, 7) is 0. The first-order valence-corrected chi connectivity index (χ1v) is 0. The van der Waals surface area contributed by atoms with E-state index in [1.54, 1.807) is 0 Å². The average molecular weight is 418 g/mol. The molecule has 16 valence electrons. The van der Waals surface area contributed by atoms with Crippen LogP contribution in [0.25, 0.3) is 0 Å². The number of rotatable bonds is 0. The molecule has 0 N–H and O–H groups in total. The summed E-state index contributed by atoms with van der Waals surface area (Å²) in [7, 11) is 0. The van der Waals surface area contributed by atoms with E-state index >= 15 is 0 Å². The van der Waals surface area contributed by atoms with Gasteiger partial charge in [-0.3, -0.25) is 0 Å². The summed E-state index contributed by atoms with van der Waals surface area (Å²) in [6, 6.07) is 0. The topological polar surface area (TPSA) is 0 Å². The van der Waals surface area contributed by atoms with E-state index in [0.717, 1.165) is 0 Å². The molecule has 0 rings (SSSR count). The summed E-state index contributed by atoms with van der Waals surface area (Å²) in [5.41, 5.74) is 0. The molecule has 0 fully saturated rings. The van der Waals surface area contributed by atoms with Gasteiger partial charge in [0.05, 0.1) is 0 Å². The first-order valence-electron chi connectivity index (χ1n) is 0. The van der Waals surface area contributed by atoms with Gasteiger partial charge < -0.3 is 0 Å². The Hall–Kier alpha value is 3.37. The summed E-state index contributed by atoms with van der Waals surface area (Å²) in [6.07, 6.45) is 0. The quantitative estimate of drug-likeness (QED) is 0.375. The second-order valence-electron chi connectivity index (χ2n) is 0. The third kappa shape index (κ3) is 9.03. The number of hydrogen-bond acceptors (Lipinski definition) is 0. The molecule has 0 spiro atoms. The van der Waals surface area contributed by atoms with Gasteiger partial charge in [0.2, 0.25) is 0 Å². The van der Waals surface area contributed by atoms with Crippen molar-refractivity contribution in [3.63, 3.8) is 0 Å². The second kappa shape index (κ2) is 16.2. The van der Waals surface area contributed by atoms with Crippen molar-refractivity contribution in [2.75, 3.05) is 0 Å². The van der Waals surface area contributed by atoms with Gasteiger partial charge in [-0.15, -0.1) is 0 Å². The summed E-state index contributed by atoms with van der Waals surface area (Å²) < 4.78 is 0. The fourth-order valence-electron chi connectivity index (χ4n) is 0. The molecule has 0 aliphatic carbocycles. The Morgan fingerprint density at radius 3 is 1.00 bits per heavy atom. The van der Waals surface area contributed by atoms with Crippen molar-refractivity contribution in [2.24, 2.45) is 0 Å². The fourth-order valence-corrected chi connectivity index (χ4v) is 0. The standard InChI is InChI=1S/Ga.Hg.Na.Sn.6H. The van der Waals surface area contributed by atoms with E-state index in [1.807, 2.05) is 0 Å². The minimum atomic E-state index is 0. The van der Waals surface area contributed by atoms with E-state index in [4.69, 9.17) is 0 Å². The summed E-state index contributed by atoms with van der Waals surface area (Å²) in [5.74, 6) is 0. The van der Waals surface area contributed by atoms with Crippen molar-refractivity contribution in [1.82, 2.24) is 0 Å². The van der Waals surface area contributed by atoms with E-state index in [-0.39, 0.29) is 101 Å². The number of hydrogen-bond donors (Lipinski definition) is 0. The molecule has 0 aliphatic heterocycles. The normalized spacial score (nSPS) is 0. The zero-order valence-electron chi connectivity index (χ0n) is 1.41. The fraction of sp³-hybridized carbons (Fsp3) is 0. The Balaban J connectivity index is 0. The maximum absolute atomic E-state index is 0. The predicted molar refractivity (Wildman–Crippen MR) is 25.6 cm³/mol. The Labute approximate surface area is 98.7 Å². The Bertz CT molecular complexity index is 8.00. The molecule has 0 aliphatic rings. The van der Waals surface area contributed by atoms with Crippen molar-refractivity contribution in [2.45, 2.75) is 0 Å². The molecule has 4 heteroatoms. The minimum absolute atomic E-state index is 0. The average Bonchev–Trinajstić information content (AvgIpc) is 0. The van der Waals surface area contributed by atoms with Crippen LogP contribution in [0.1, 0.15) is 0 Å². The van der Waals surface area contributed by atoms with Crippen LogP contribution in [0.5, 0.6) is 0 Å². The van der Waals surface area contributed by atoms with Crippen LogP contribution < -0.4 is 0 Å². The second-order valence-corrected chi connectivity index (χ2v) is 0. The van der Waals surface area contributed by atoms with Gasteiger partial charge in [-0.1, -0.05) is 0 Å². The van der Waals surface area contributed by atoms with Crippen molar-refractivity contribution in [3.05, 3.63) is 0 Å². The Morgan fingerprint density at radius 1 is 1.00 bits per heavy atom.